The van der Waals surface area contributed by atoms with E-state index in [1.165, 1.54) is 0 Å². The second-order valence-electron chi connectivity index (χ2n) is 3.94. The van der Waals surface area contributed by atoms with Crippen molar-refractivity contribution < 1.29 is 4.74 Å². The molecule has 4 heteroatoms. The number of rotatable bonds is 5. The Labute approximate surface area is 96.3 Å². The molecule has 0 aliphatic rings. The molecular weight excluding hydrogens is 202 g/mol. The molecule has 1 unspecified atom stereocenters. The number of pyridine rings is 1. The molecule has 0 fully saturated rings. The second-order valence-corrected chi connectivity index (χ2v) is 3.94. The van der Waals surface area contributed by atoms with Gasteiger partial charge in [-0.05, 0) is 25.0 Å². The zero-order chi connectivity index (χ0) is 12.0. The highest BCUT2D eigenvalue weighted by Crippen LogP contribution is 2.09. The van der Waals surface area contributed by atoms with E-state index in [1.807, 2.05) is 6.92 Å². The molecule has 0 saturated carbocycles. The molecule has 0 saturated heterocycles. The Morgan fingerprint density at radius 2 is 2.31 bits per heavy atom. The molecule has 1 heterocycles. The minimum Gasteiger partial charge on any atom is -0.384 e. The van der Waals surface area contributed by atoms with E-state index < -0.39 is 0 Å². The Morgan fingerprint density at radius 1 is 1.56 bits per heavy atom. The molecular formula is C12H17N3O. The lowest BCUT2D eigenvalue weighted by atomic mass is 10.2. The van der Waals surface area contributed by atoms with E-state index in [-0.39, 0.29) is 0 Å². The standard InChI is InChI=1S/C12H17N3O/c1-9(8-16-3)7-14-12-5-11(6-13)4-10(2)15-12/h4-5,9H,7-8H2,1-3H3,(H,14,15). The largest absolute Gasteiger partial charge is 0.384 e. The van der Waals surface area contributed by atoms with Crippen molar-refractivity contribution in [2.45, 2.75) is 13.8 Å². The lowest BCUT2D eigenvalue weighted by molar-refractivity contribution is 0.164. The highest BCUT2D eigenvalue weighted by atomic mass is 16.5. The van der Waals surface area contributed by atoms with Gasteiger partial charge >= 0.3 is 0 Å². The first-order chi connectivity index (χ1) is 7.65. The molecule has 1 aromatic heterocycles. The van der Waals surface area contributed by atoms with Crippen molar-refractivity contribution in [3.8, 4) is 6.07 Å². The van der Waals surface area contributed by atoms with Gasteiger partial charge in [-0.2, -0.15) is 5.26 Å². The fourth-order valence-electron chi connectivity index (χ4n) is 1.45. The first-order valence-corrected chi connectivity index (χ1v) is 5.27. The third-order valence-electron chi connectivity index (χ3n) is 2.17. The molecule has 0 aliphatic carbocycles. The maximum absolute atomic E-state index is 8.82. The zero-order valence-electron chi connectivity index (χ0n) is 9.95. The van der Waals surface area contributed by atoms with Crippen molar-refractivity contribution in [1.82, 2.24) is 4.98 Å². The molecule has 0 bridgehead atoms. The van der Waals surface area contributed by atoms with Crippen LogP contribution in [-0.4, -0.2) is 25.2 Å². The van der Waals surface area contributed by atoms with Crippen molar-refractivity contribution in [2.24, 2.45) is 5.92 Å². The van der Waals surface area contributed by atoms with Crippen LogP contribution < -0.4 is 5.32 Å². The van der Waals surface area contributed by atoms with Gasteiger partial charge in [0.05, 0.1) is 18.2 Å². The van der Waals surface area contributed by atoms with Crippen molar-refractivity contribution in [1.29, 1.82) is 5.26 Å². The fourth-order valence-corrected chi connectivity index (χ4v) is 1.45. The number of anilines is 1. The molecule has 16 heavy (non-hydrogen) atoms. The van der Waals surface area contributed by atoms with Gasteiger partial charge in [0, 0.05) is 19.3 Å². The summed E-state index contributed by atoms with van der Waals surface area (Å²) in [5.74, 6) is 1.16. The van der Waals surface area contributed by atoms with Gasteiger partial charge in [-0.3, -0.25) is 0 Å². The minimum atomic E-state index is 0.415. The van der Waals surface area contributed by atoms with Gasteiger partial charge in [-0.1, -0.05) is 6.92 Å². The molecule has 0 aliphatic heterocycles. The van der Waals surface area contributed by atoms with Gasteiger partial charge in [0.25, 0.3) is 0 Å². The van der Waals surface area contributed by atoms with E-state index in [9.17, 15) is 0 Å². The molecule has 86 valence electrons. The Bertz CT molecular complexity index is 384. The normalized spacial score (nSPS) is 11.9. The van der Waals surface area contributed by atoms with E-state index in [2.05, 4.69) is 23.3 Å². The second kappa shape index (κ2) is 6.09. The summed E-state index contributed by atoms with van der Waals surface area (Å²) in [6.07, 6.45) is 0. The van der Waals surface area contributed by atoms with Crippen LogP contribution in [0.2, 0.25) is 0 Å². The van der Waals surface area contributed by atoms with Gasteiger partial charge in [0.2, 0.25) is 0 Å². The number of aromatic nitrogens is 1. The Hall–Kier alpha value is -1.60. The molecule has 1 N–H and O–H groups in total. The summed E-state index contributed by atoms with van der Waals surface area (Å²) in [5, 5.41) is 12.0. The predicted octanol–water partition coefficient (Wildman–Crippen LogP) is 1.96. The van der Waals surface area contributed by atoms with Gasteiger partial charge < -0.3 is 10.1 Å². The average Bonchev–Trinajstić information content (AvgIpc) is 2.26. The van der Waals surface area contributed by atoms with Gasteiger partial charge in [-0.15, -0.1) is 0 Å². The zero-order valence-corrected chi connectivity index (χ0v) is 9.95. The number of ether oxygens (including phenoxy) is 1. The average molecular weight is 219 g/mol. The predicted molar refractivity (Wildman–Crippen MR) is 63.2 cm³/mol. The topological polar surface area (TPSA) is 57.9 Å². The van der Waals surface area contributed by atoms with Crippen LogP contribution in [0.3, 0.4) is 0 Å². The summed E-state index contributed by atoms with van der Waals surface area (Å²) in [6, 6.07) is 5.64. The van der Waals surface area contributed by atoms with E-state index in [1.54, 1.807) is 19.2 Å². The fraction of sp³-hybridized carbons (Fsp3) is 0.500. The highest BCUT2D eigenvalue weighted by molar-refractivity contribution is 5.44. The smallest absolute Gasteiger partial charge is 0.127 e. The number of hydrogen-bond acceptors (Lipinski definition) is 4. The maximum atomic E-state index is 8.82. The minimum absolute atomic E-state index is 0.415. The molecule has 0 aromatic carbocycles. The lowest BCUT2D eigenvalue weighted by Crippen LogP contribution is -2.16. The van der Waals surface area contributed by atoms with Crippen LogP contribution in [0.4, 0.5) is 5.82 Å². The summed E-state index contributed by atoms with van der Waals surface area (Å²) >= 11 is 0. The van der Waals surface area contributed by atoms with Crippen molar-refractivity contribution in [3.05, 3.63) is 23.4 Å². The first kappa shape index (κ1) is 12.5. The molecule has 0 amide bonds. The van der Waals surface area contributed by atoms with Gasteiger partial charge in [0.15, 0.2) is 0 Å². The Kier molecular flexibility index (Phi) is 4.74. The Balaban J connectivity index is 2.60. The van der Waals surface area contributed by atoms with Crippen molar-refractivity contribution in [2.75, 3.05) is 25.6 Å². The van der Waals surface area contributed by atoms with Gasteiger partial charge in [0.1, 0.15) is 5.82 Å². The van der Waals surface area contributed by atoms with E-state index in [0.717, 1.165) is 18.1 Å². The van der Waals surface area contributed by atoms with Crippen LogP contribution in [0.1, 0.15) is 18.2 Å². The number of methoxy groups -OCH3 is 1. The van der Waals surface area contributed by atoms with Crippen LogP contribution in [0.5, 0.6) is 0 Å². The number of aryl methyl sites for hydroxylation is 1. The molecule has 0 spiro atoms. The third-order valence-corrected chi connectivity index (χ3v) is 2.17. The summed E-state index contributed by atoms with van der Waals surface area (Å²) in [7, 11) is 1.69. The van der Waals surface area contributed by atoms with Crippen LogP contribution in [0, 0.1) is 24.2 Å². The van der Waals surface area contributed by atoms with Crippen LogP contribution in [0.25, 0.3) is 0 Å². The molecule has 4 nitrogen and oxygen atoms in total. The summed E-state index contributed by atoms with van der Waals surface area (Å²) in [4.78, 5) is 4.31. The number of hydrogen-bond donors (Lipinski definition) is 1. The van der Waals surface area contributed by atoms with Crippen molar-refractivity contribution in [3.63, 3.8) is 0 Å². The summed E-state index contributed by atoms with van der Waals surface area (Å²) < 4.78 is 5.05. The van der Waals surface area contributed by atoms with Crippen LogP contribution >= 0.6 is 0 Å². The molecule has 1 aromatic rings. The van der Waals surface area contributed by atoms with Crippen molar-refractivity contribution >= 4 is 5.82 Å². The monoisotopic (exact) mass is 219 g/mol. The van der Waals surface area contributed by atoms with Crippen LogP contribution in [-0.2, 0) is 4.74 Å². The first-order valence-electron chi connectivity index (χ1n) is 5.27. The number of nitrogens with zero attached hydrogens (tertiary/aromatic N) is 2. The highest BCUT2D eigenvalue weighted by Gasteiger charge is 2.03. The Morgan fingerprint density at radius 3 is 2.94 bits per heavy atom. The number of nitrogens with one attached hydrogen (secondary N) is 1. The van der Waals surface area contributed by atoms with Crippen LogP contribution in [0.15, 0.2) is 12.1 Å². The molecule has 0 radical (unpaired) electrons. The van der Waals surface area contributed by atoms with Gasteiger partial charge in [-0.25, -0.2) is 4.98 Å². The SMILES string of the molecule is COCC(C)CNc1cc(C#N)cc(C)n1. The molecule has 1 atom stereocenters. The maximum Gasteiger partial charge on any atom is 0.127 e. The summed E-state index contributed by atoms with van der Waals surface area (Å²) in [6.45, 7) is 5.47. The molecule has 1 rings (SSSR count). The summed E-state index contributed by atoms with van der Waals surface area (Å²) in [5.41, 5.74) is 1.48. The third kappa shape index (κ3) is 3.87. The lowest BCUT2D eigenvalue weighted by Gasteiger charge is -2.12. The van der Waals surface area contributed by atoms with E-state index >= 15 is 0 Å². The van der Waals surface area contributed by atoms with E-state index in [0.29, 0.717) is 18.1 Å². The number of nitriles is 1. The van der Waals surface area contributed by atoms with E-state index in [4.69, 9.17) is 10.00 Å². The quantitative estimate of drug-likeness (QED) is 0.822.